The first-order valence-corrected chi connectivity index (χ1v) is 18.0. The van der Waals surface area contributed by atoms with Gasteiger partial charge in [0.05, 0.1) is 39.0 Å². The monoisotopic (exact) mass is 791 g/mol. The van der Waals surface area contributed by atoms with E-state index in [1.807, 2.05) is 27.7 Å². The van der Waals surface area contributed by atoms with E-state index >= 15 is 0 Å². The van der Waals surface area contributed by atoms with Crippen LogP contribution < -0.4 is 33.6 Å². The van der Waals surface area contributed by atoms with Crippen molar-refractivity contribution in [3.8, 4) is 0 Å². The number of nitrogens with two attached hydrogens (primary N) is 4. The van der Waals surface area contributed by atoms with Crippen LogP contribution in [0.15, 0.2) is 50.7 Å². The summed E-state index contributed by atoms with van der Waals surface area (Å²) < 4.78 is 0. The number of carboxylic acids is 2. The summed E-state index contributed by atoms with van der Waals surface area (Å²) in [4.78, 5) is 37.7. The van der Waals surface area contributed by atoms with Crippen molar-refractivity contribution in [3.05, 3.63) is 0 Å². The van der Waals surface area contributed by atoms with E-state index in [1.165, 1.54) is 0 Å². The molecule has 0 saturated heterocycles. The Hall–Kier alpha value is -5.44. The predicted molar refractivity (Wildman–Crippen MR) is 221 cm³/mol. The van der Waals surface area contributed by atoms with Gasteiger partial charge in [-0.05, 0) is 83.1 Å². The summed E-state index contributed by atoms with van der Waals surface area (Å²) in [7, 11) is 0. The Balaban J connectivity index is 0.000000841. The lowest BCUT2D eigenvalue weighted by atomic mass is 10.0. The molecule has 0 atom stereocenters. The summed E-state index contributed by atoms with van der Waals surface area (Å²) in [6.07, 6.45) is -0.245. The summed E-state index contributed by atoms with van der Waals surface area (Å²) in [6, 6.07) is 0. The van der Waals surface area contributed by atoms with Gasteiger partial charge in [0, 0.05) is 13.1 Å². The number of carbonyl (C=O) groups is 2. The fourth-order valence-corrected chi connectivity index (χ4v) is 3.60. The van der Waals surface area contributed by atoms with Gasteiger partial charge in [0.2, 0.25) is 0 Å². The summed E-state index contributed by atoms with van der Waals surface area (Å²) in [5, 5.41) is 63.2. The number of rotatable bonds is 18. The molecule has 0 aromatic heterocycles. The van der Waals surface area contributed by atoms with Crippen LogP contribution in [0.2, 0.25) is 0 Å². The maximum Gasteiger partial charge on any atom is 0.305 e. The summed E-state index contributed by atoms with van der Waals surface area (Å²) in [5.41, 5.74) is 18.0. The van der Waals surface area contributed by atoms with E-state index in [4.69, 9.17) is 44.0 Å². The first kappa shape index (κ1) is 50.6. The van der Waals surface area contributed by atoms with Gasteiger partial charge in [0.15, 0.2) is 0 Å². The summed E-state index contributed by atoms with van der Waals surface area (Å²) >= 11 is 0. The van der Waals surface area contributed by atoms with E-state index in [2.05, 4.69) is 61.3 Å². The first-order chi connectivity index (χ1) is 25.4. The Kier molecular flexibility index (Phi) is 19.0. The van der Waals surface area contributed by atoms with E-state index in [1.54, 1.807) is 55.4 Å². The fraction of sp³-hybridized carbons (Fsp3) is 0.765. The second-order valence-electron chi connectivity index (χ2n) is 15.9. The van der Waals surface area contributed by atoms with Crippen LogP contribution in [0.3, 0.4) is 0 Å². The van der Waals surface area contributed by atoms with Gasteiger partial charge in [-0.3, -0.25) is 40.4 Å². The van der Waals surface area contributed by atoms with Crippen LogP contribution in [0.25, 0.3) is 0 Å². The molecule has 2 rings (SSSR count). The third-order valence-corrected chi connectivity index (χ3v) is 7.94. The number of azo groups is 3. The normalized spacial score (nSPS) is 16.0. The predicted octanol–water partition coefficient (Wildman–Crippen LogP) is 2.53. The number of hydrogen-bond acceptors (Lipinski definition) is 16. The molecule has 2 aliphatic heterocycles. The third-order valence-electron chi connectivity index (χ3n) is 7.94. The van der Waals surface area contributed by atoms with Crippen LogP contribution in [0.1, 0.15) is 95.9 Å². The lowest BCUT2D eigenvalue weighted by Crippen LogP contribution is -2.41. The average Bonchev–Trinajstić information content (AvgIpc) is 3.83. The highest BCUT2D eigenvalue weighted by atomic mass is 16.4. The minimum atomic E-state index is -0.961. The molecule has 0 radical (unpaired) electrons. The van der Waals surface area contributed by atoms with Crippen molar-refractivity contribution < 1.29 is 19.8 Å². The van der Waals surface area contributed by atoms with Crippen LogP contribution in [-0.2, 0) is 9.59 Å². The van der Waals surface area contributed by atoms with Gasteiger partial charge < -0.3 is 43.8 Å². The van der Waals surface area contributed by atoms with Gasteiger partial charge in [0.25, 0.3) is 0 Å². The summed E-state index contributed by atoms with van der Waals surface area (Å²) in [5.74, 6) is 0.0947. The van der Waals surface area contributed by atoms with E-state index in [9.17, 15) is 9.59 Å². The molecule has 2 heterocycles. The zero-order chi connectivity index (χ0) is 43.8. The van der Waals surface area contributed by atoms with Crippen LogP contribution in [0, 0.1) is 10.8 Å². The van der Waals surface area contributed by atoms with E-state index in [0.717, 1.165) is 37.9 Å². The minimum absolute atomic E-state index is 0.0578. The van der Waals surface area contributed by atoms with Gasteiger partial charge in [-0.2, -0.15) is 30.7 Å². The largest absolute Gasteiger partial charge is 0.481 e. The Morgan fingerprint density at radius 3 is 1.09 bits per heavy atom. The molecule has 0 spiro atoms. The van der Waals surface area contributed by atoms with Gasteiger partial charge in [-0.15, -0.1) is 0 Å². The molecule has 22 heteroatoms. The molecule has 14 N–H and O–H groups in total. The molecule has 0 bridgehead atoms. The second kappa shape index (κ2) is 21.0. The van der Waals surface area contributed by atoms with Crippen molar-refractivity contribution in [2.75, 3.05) is 39.3 Å². The van der Waals surface area contributed by atoms with Crippen molar-refractivity contribution in [2.45, 2.75) is 129 Å². The molecule has 316 valence electrons. The third kappa shape index (κ3) is 18.3. The van der Waals surface area contributed by atoms with Crippen LogP contribution in [-0.4, -0.2) is 130 Å². The lowest BCUT2D eigenvalue weighted by molar-refractivity contribution is -0.137. The SMILES string of the molecule is CC(C)(N=NC(C)(C)C(=N)N)C(=N)N.CC(C)(N=NC(C)(C)C(N)=NCCC(=O)O)C(N)=NCCC(=O)O.CC(C)(N=NC(C)(C)C1=NCCN1)C1=NCCN1. The Morgan fingerprint density at radius 2 is 0.857 bits per heavy atom. The van der Waals surface area contributed by atoms with Crippen molar-refractivity contribution in [1.82, 2.24) is 10.6 Å². The van der Waals surface area contributed by atoms with Crippen molar-refractivity contribution >= 4 is 47.0 Å². The standard InChI is InChI=1S/C14H26N6O4.C12H22N6.C8H18N6/c1-13(2,11(15)17-7-5-9(21)22)19-20-14(3,4)12(16)18-8-6-10(23)24;1-11(2,9-13-5-6-14-9)17-18-12(3,4)10-15-7-8-16-10;1-7(2,5(9)10)13-14-8(3,4)6(11)12/h5-8H2,1-4H3,(H2,15,17)(H2,16,18)(H,21,22)(H,23,24);5-8H2,1-4H3,(H,13,14)(H,15,16);1-4H3,(H3,9,10)(H3,11,12). The molecular formula is C34H66N18O4. The zero-order valence-electron chi connectivity index (χ0n) is 35.1. The maximum absolute atomic E-state index is 10.5. The smallest absolute Gasteiger partial charge is 0.305 e. The average molecular weight is 791 g/mol. The molecule has 0 amide bonds. The number of aliphatic carboxylic acids is 2. The maximum atomic E-state index is 10.5. The van der Waals surface area contributed by atoms with E-state index in [0.29, 0.717) is 0 Å². The number of hydrogen-bond donors (Lipinski definition) is 10. The number of carboxylic acid groups (broad SMARTS) is 2. The molecule has 0 unspecified atom stereocenters. The van der Waals surface area contributed by atoms with Gasteiger partial charge >= 0.3 is 11.9 Å². The quantitative estimate of drug-likeness (QED) is 0.0549. The molecule has 0 aliphatic carbocycles. The highest BCUT2D eigenvalue weighted by Crippen LogP contribution is 2.20. The Labute approximate surface area is 329 Å². The number of aliphatic imine (C=N–C) groups is 4. The number of nitrogens with zero attached hydrogens (tertiary/aromatic N) is 10. The Morgan fingerprint density at radius 1 is 0.571 bits per heavy atom. The summed E-state index contributed by atoms with van der Waals surface area (Å²) in [6.45, 7) is 25.1. The first-order valence-electron chi connectivity index (χ1n) is 18.0. The molecule has 0 fully saturated rings. The van der Waals surface area contributed by atoms with Crippen LogP contribution in [0.5, 0.6) is 0 Å². The molecule has 0 aromatic carbocycles. The van der Waals surface area contributed by atoms with Crippen LogP contribution in [0.4, 0.5) is 0 Å². The fourth-order valence-electron chi connectivity index (χ4n) is 3.60. The van der Waals surface area contributed by atoms with Gasteiger partial charge in [-0.25, -0.2) is 0 Å². The second-order valence-corrected chi connectivity index (χ2v) is 15.9. The number of amidine groups is 6. The lowest BCUT2D eigenvalue weighted by Gasteiger charge is -2.23. The molecule has 22 nitrogen and oxygen atoms in total. The molecule has 2 aliphatic rings. The van der Waals surface area contributed by atoms with Crippen molar-refractivity contribution in [3.63, 3.8) is 0 Å². The van der Waals surface area contributed by atoms with Gasteiger partial charge in [-0.1, -0.05) is 0 Å². The van der Waals surface area contributed by atoms with Crippen LogP contribution >= 0.6 is 0 Å². The topological polar surface area (TPSA) is 374 Å². The van der Waals surface area contributed by atoms with Crippen molar-refractivity contribution in [2.24, 2.45) is 73.6 Å². The molecule has 56 heavy (non-hydrogen) atoms. The molecule has 0 aromatic rings. The van der Waals surface area contributed by atoms with E-state index < -0.39 is 45.2 Å². The minimum Gasteiger partial charge on any atom is -0.481 e. The van der Waals surface area contributed by atoms with Crippen molar-refractivity contribution in [1.29, 1.82) is 10.8 Å². The molecular weight excluding hydrogens is 724 g/mol. The van der Waals surface area contributed by atoms with Gasteiger partial charge in [0.1, 0.15) is 68.2 Å². The highest BCUT2D eigenvalue weighted by molar-refractivity contribution is 5.93. The zero-order valence-corrected chi connectivity index (χ0v) is 35.1. The molecule has 0 saturated carbocycles. The Bertz CT molecular complexity index is 1490. The highest BCUT2D eigenvalue weighted by Gasteiger charge is 2.32. The van der Waals surface area contributed by atoms with E-state index in [-0.39, 0.29) is 49.3 Å². The number of nitrogens with one attached hydrogen (secondary N) is 4.